The van der Waals surface area contributed by atoms with Crippen LogP contribution in [0, 0.1) is 5.92 Å². The van der Waals surface area contributed by atoms with Crippen molar-refractivity contribution in [2.45, 2.75) is 97.4 Å². The van der Waals surface area contributed by atoms with Crippen LogP contribution in [-0.2, 0) is 0 Å². The SMILES string of the molecule is CC=C1CCC(CCC(CC(=[NH2+])CC)N=CCCCC)CC1. The molecule has 0 radical (unpaired) electrons. The maximum absolute atomic E-state index is 6.08. The number of allylic oxidation sites excluding steroid dienone is 2. The molecule has 0 bridgehead atoms. The van der Waals surface area contributed by atoms with Crippen LogP contribution in [-0.4, -0.2) is 18.0 Å². The van der Waals surface area contributed by atoms with Gasteiger partial charge in [-0.1, -0.05) is 31.9 Å². The van der Waals surface area contributed by atoms with Crippen LogP contribution >= 0.6 is 0 Å². The van der Waals surface area contributed by atoms with Gasteiger partial charge in [0.1, 0.15) is 0 Å². The highest BCUT2D eigenvalue weighted by molar-refractivity contribution is 5.78. The minimum atomic E-state index is 0.417. The van der Waals surface area contributed by atoms with Gasteiger partial charge < -0.3 is 0 Å². The van der Waals surface area contributed by atoms with Gasteiger partial charge in [0.15, 0.2) is 5.71 Å². The molecule has 0 spiro atoms. The number of aliphatic imine (C=N–C) groups is 1. The lowest BCUT2D eigenvalue weighted by Crippen LogP contribution is -2.41. The minimum Gasteiger partial charge on any atom is -0.294 e. The molecule has 2 N–H and O–H groups in total. The van der Waals surface area contributed by atoms with Crippen molar-refractivity contribution in [1.82, 2.24) is 0 Å². The highest BCUT2D eigenvalue weighted by Crippen LogP contribution is 2.31. The molecule has 1 fully saturated rings. The number of nitrogens with zero attached hydrogens (tertiary/aromatic N) is 1. The van der Waals surface area contributed by atoms with Crippen molar-refractivity contribution in [3.63, 3.8) is 0 Å². The molecule has 1 aliphatic rings. The first-order valence-electron chi connectivity index (χ1n) is 9.45. The third-order valence-corrected chi connectivity index (χ3v) is 5.02. The Morgan fingerprint density at radius 3 is 2.64 bits per heavy atom. The number of nitrogens with two attached hydrogens (primary N) is 1. The molecule has 0 aromatic heterocycles. The second kappa shape index (κ2) is 11.6. The normalized spacial score (nSPS) is 20.3. The Kier molecular flexibility index (Phi) is 10.1. The van der Waals surface area contributed by atoms with Gasteiger partial charge in [-0.3, -0.25) is 10.4 Å². The fourth-order valence-corrected chi connectivity index (χ4v) is 3.25. The first-order valence-corrected chi connectivity index (χ1v) is 9.45. The molecule has 2 heteroatoms. The second-order valence-electron chi connectivity index (χ2n) is 6.81. The van der Waals surface area contributed by atoms with Crippen LogP contribution in [0.1, 0.15) is 91.4 Å². The third-order valence-electron chi connectivity index (χ3n) is 5.02. The molecule has 2 nitrogen and oxygen atoms in total. The quantitative estimate of drug-likeness (QED) is 0.350. The smallest absolute Gasteiger partial charge is 0.150 e. The second-order valence-corrected chi connectivity index (χ2v) is 6.81. The molecule has 0 aromatic rings. The zero-order chi connectivity index (χ0) is 16.2. The predicted octanol–water partition coefficient (Wildman–Crippen LogP) is 4.53. The van der Waals surface area contributed by atoms with E-state index in [-0.39, 0.29) is 0 Å². The first-order chi connectivity index (χ1) is 10.7. The lowest BCUT2D eigenvalue weighted by Gasteiger charge is -2.24. The minimum absolute atomic E-state index is 0.417. The van der Waals surface area contributed by atoms with E-state index in [0.717, 1.165) is 30.9 Å². The van der Waals surface area contributed by atoms with Crippen LogP contribution in [0.2, 0.25) is 0 Å². The topological polar surface area (TPSA) is 38.0 Å². The molecule has 0 saturated heterocycles. The van der Waals surface area contributed by atoms with Crippen molar-refractivity contribution in [2.24, 2.45) is 10.9 Å². The molecule has 0 aliphatic heterocycles. The lowest BCUT2D eigenvalue weighted by atomic mass is 9.82. The molecular formula is C20H37N2+. The monoisotopic (exact) mass is 305 g/mol. The summed E-state index contributed by atoms with van der Waals surface area (Å²) in [4.78, 5) is 4.83. The molecule has 126 valence electrons. The summed E-state index contributed by atoms with van der Waals surface area (Å²) < 4.78 is 0. The first kappa shape index (κ1) is 19.1. The summed E-state index contributed by atoms with van der Waals surface area (Å²) in [6.45, 7) is 6.56. The van der Waals surface area contributed by atoms with Crippen LogP contribution in [0.5, 0.6) is 0 Å². The van der Waals surface area contributed by atoms with Crippen LogP contribution in [0.4, 0.5) is 0 Å². The maximum atomic E-state index is 6.08. The number of unbranched alkanes of at least 4 members (excludes halogenated alkanes) is 2. The molecule has 1 rings (SSSR count). The summed E-state index contributed by atoms with van der Waals surface area (Å²) in [6, 6.07) is 0.417. The fraction of sp³-hybridized carbons (Fsp3) is 0.800. The van der Waals surface area contributed by atoms with Crippen LogP contribution in [0.15, 0.2) is 16.6 Å². The summed E-state index contributed by atoms with van der Waals surface area (Å²) in [5, 5.41) is 6.08. The zero-order valence-electron chi connectivity index (χ0n) is 15.1. The Hall–Kier alpha value is -0.920. The van der Waals surface area contributed by atoms with Gasteiger partial charge in [-0.2, -0.15) is 0 Å². The Labute approximate surface area is 138 Å². The van der Waals surface area contributed by atoms with Gasteiger partial charge in [0.05, 0.1) is 6.04 Å². The van der Waals surface area contributed by atoms with Crippen molar-refractivity contribution in [3.05, 3.63) is 11.6 Å². The Balaban J connectivity index is 2.39. The van der Waals surface area contributed by atoms with Crippen LogP contribution in [0.25, 0.3) is 0 Å². The summed E-state index contributed by atoms with van der Waals surface area (Å²) in [5.41, 5.74) is 2.77. The summed E-state index contributed by atoms with van der Waals surface area (Å²) in [6.07, 6.45) is 17.9. The van der Waals surface area contributed by atoms with Gasteiger partial charge in [0.25, 0.3) is 0 Å². The van der Waals surface area contributed by atoms with E-state index in [4.69, 9.17) is 10.4 Å². The fourth-order valence-electron chi connectivity index (χ4n) is 3.25. The molecule has 0 amide bonds. The molecule has 1 unspecified atom stereocenters. The van der Waals surface area contributed by atoms with E-state index < -0.39 is 0 Å². The van der Waals surface area contributed by atoms with Crippen molar-refractivity contribution >= 4 is 11.9 Å². The van der Waals surface area contributed by atoms with Crippen molar-refractivity contribution in [1.29, 1.82) is 0 Å². The van der Waals surface area contributed by atoms with E-state index in [1.165, 1.54) is 51.4 Å². The van der Waals surface area contributed by atoms with Crippen LogP contribution in [0.3, 0.4) is 0 Å². The standard InChI is InChI=1S/C20H36N2/c1-4-7-8-15-22-20(16-19(21)6-3)14-13-18-11-9-17(5-2)10-12-18/h5,15,18,20-21H,4,6-14,16H2,1-3H3/p+1. The van der Waals surface area contributed by atoms with Crippen molar-refractivity contribution in [2.75, 3.05) is 0 Å². The van der Waals surface area contributed by atoms with E-state index >= 15 is 0 Å². The van der Waals surface area contributed by atoms with Crippen molar-refractivity contribution in [3.8, 4) is 0 Å². The summed E-state index contributed by atoms with van der Waals surface area (Å²) >= 11 is 0. The van der Waals surface area contributed by atoms with E-state index in [1.54, 1.807) is 5.57 Å². The van der Waals surface area contributed by atoms with Gasteiger partial charge in [-0.15, -0.1) is 0 Å². The van der Waals surface area contributed by atoms with Gasteiger partial charge in [-0.05, 0) is 70.4 Å². The number of hydrogen-bond acceptors (Lipinski definition) is 1. The Morgan fingerprint density at radius 1 is 1.32 bits per heavy atom. The Morgan fingerprint density at radius 2 is 2.05 bits per heavy atom. The van der Waals surface area contributed by atoms with E-state index in [2.05, 4.69) is 33.1 Å². The Bertz CT molecular complexity index is 358. The molecule has 0 heterocycles. The van der Waals surface area contributed by atoms with Gasteiger partial charge in [0.2, 0.25) is 0 Å². The molecule has 0 aromatic carbocycles. The summed E-state index contributed by atoms with van der Waals surface area (Å²) in [7, 11) is 0. The largest absolute Gasteiger partial charge is 0.294 e. The highest BCUT2D eigenvalue weighted by atomic mass is 14.8. The summed E-state index contributed by atoms with van der Waals surface area (Å²) in [5.74, 6) is 0.903. The van der Waals surface area contributed by atoms with E-state index in [1.807, 2.05) is 0 Å². The average Bonchev–Trinajstić information content (AvgIpc) is 2.56. The van der Waals surface area contributed by atoms with Crippen molar-refractivity contribution < 1.29 is 5.41 Å². The highest BCUT2D eigenvalue weighted by Gasteiger charge is 2.19. The average molecular weight is 306 g/mol. The molecule has 22 heavy (non-hydrogen) atoms. The van der Waals surface area contributed by atoms with Gasteiger partial charge in [0, 0.05) is 12.8 Å². The molecule has 1 aliphatic carbocycles. The molecule has 1 atom stereocenters. The van der Waals surface area contributed by atoms with Gasteiger partial charge in [-0.25, -0.2) is 0 Å². The third kappa shape index (κ3) is 7.91. The zero-order valence-corrected chi connectivity index (χ0v) is 15.1. The van der Waals surface area contributed by atoms with E-state index in [9.17, 15) is 0 Å². The predicted molar refractivity (Wildman–Crippen MR) is 98.6 cm³/mol. The molecular weight excluding hydrogens is 268 g/mol. The molecule has 1 saturated carbocycles. The van der Waals surface area contributed by atoms with Gasteiger partial charge >= 0.3 is 0 Å². The number of hydrogen-bond donors (Lipinski definition) is 1. The maximum Gasteiger partial charge on any atom is 0.150 e. The lowest BCUT2D eigenvalue weighted by molar-refractivity contribution is -0.119. The number of rotatable bonds is 10. The van der Waals surface area contributed by atoms with E-state index in [0.29, 0.717) is 6.04 Å². The van der Waals surface area contributed by atoms with Crippen LogP contribution < -0.4 is 5.41 Å².